The van der Waals surface area contributed by atoms with Gasteiger partial charge >= 0.3 is 0 Å². The van der Waals surface area contributed by atoms with Crippen LogP contribution in [0.25, 0.3) is 0 Å². The fraction of sp³-hybridized carbons (Fsp3) is 0.667. The van der Waals surface area contributed by atoms with Crippen molar-refractivity contribution in [1.82, 2.24) is 20.5 Å². The van der Waals surface area contributed by atoms with Gasteiger partial charge in [-0.1, -0.05) is 39.8 Å². The molecule has 6 nitrogen and oxygen atoms in total. The number of aromatic nitrogens is 4. The lowest BCUT2D eigenvalue weighted by Crippen LogP contribution is -2.21. The molecule has 6 heteroatoms. The number of hydrogen-bond acceptors (Lipinski definition) is 6. The molecule has 0 spiro atoms. The van der Waals surface area contributed by atoms with Gasteiger partial charge < -0.3 is 9.05 Å². The van der Waals surface area contributed by atoms with Crippen molar-refractivity contribution in [3.05, 3.63) is 23.7 Å². The average Bonchev–Trinajstić information content (AvgIpc) is 2.83. The molecule has 0 fully saturated rings. The number of rotatable bonds is 3. The van der Waals surface area contributed by atoms with Crippen molar-refractivity contribution in [1.29, 1.82) is 0 Å². The summed E-state index contributed by atoms with van der Waals surface area (Å²) in [4.78, 5) is 4.42. The standard InChI is InChI=1S/C12H18N4O2/c1-11(2,3)10-14-9(15-18-10)6-12(4,5)8-7-13-16-17-8/h7H,6H2,1-5H3. The third kappa shape index (κ3) is 2.57. The molecule has 0 aliphatic rings. The zero-order valence-electron chi connectivity index (χ0n) is 11.4. The van der Waals surface area contributed by atoms with Gasteiger partial charge in [0.05, 0.1) is 6.20 Å². The van der Waals surface area contributed by atoms with Gasteiger partial charge in [-0.15, -0.1) is 5.10 Å². The summed E-state index contributed by atoms with van der Waals surface area (Å²) in [6.07, 6.45) is 2.23. The van der Waals surface area contributed by atoms with Crippen molar-refractivity contribution in [2.75, 3.05) is 0 Å². The molecule has 0 unspecified atom stereocenters. The first-order valence-corrected chi connectivity index (χ1v) is 5.90. The normalized spacial score (nSPS) is 12.9. The van der Waals surface area contributed by atoms with Crippen LogP contribution in [0.5, 0.6) is 0 Å². The minimum atomic E-state index is -0.261. The van der Waals surface area contributed by atoms with Crippen molar-refractivity contribution in [3.63, 3.8) is 0 Å². The minimum Gasteiger partial charge on any atom is -0.342 e. The SMILES string of the molecule is CC(C)(C)c1nc(CC(C)(C)c2cnno2)no1. The molecule has 0 N–H and O–H groups in total. The van der Waals surface area contributed by atoms with Gasteiger partial charge in [-0.2, -0.15) is 4.98 Å². The van der Waals surface area contributed by atoms with E-state index in [1.54, 1.807) is 6.20 Å². The molecule has 0 bridgehead atoms. The lowest BCUT2D eigenvalue weighted by atomic mass is 9.86. The Hall–Kier alpha value is -1.72. The zero-order chi connectivity index (χ0) is 13.4. The fourth-order valence-electron chi connectivity index (χ4n) is 1.58. The van der Waals surface area contributed by atoms with Gasteiger partial charge in [-0.3, -0.25) is 0 Å². The van der Waals surface area contributed by atoms with E-state index in [0.29, 0.717) is 23.9 Å². The highest BCUT2D eigenvalue weighted by atomic mass is 16.5. The summed E-state index contributed by atoms with van der Waals surface area (Å²) in [5, 5.41) is 11.2. The van der Waals surface area contributed by atoms with E-state index in [1.165, 1.54) is 0 Å². The van der Waals surface area contributed by atoms with Crippen LogP contribution in [-0.4, -0.2) is 20.5 Å². The zero-order valence-corrected chi connectivity index (χ0v) is 11.4. The van der Waals surface area contributed by atoms with Gasteiger partial charge in [0.2, 0.25) is 5.89 Å². The maximum absolute atomic E-state index is 5.27. The van der Waals surface area contributed by atoms with Crippen LogP contribution in [0, 0.1) is 0 Å². The van der Waals surface area contributed by atoms with Crippen molar-refractivity contribution < 1.29 is 9.05 Å². The highest BCUT2D eigenvalue weighted by Gasteiger charge is 2.29. The van der Waals surface area contributed by atoms with Crippen molar-refractivity contribution >= 4 is 0 Å². The highest BCUT2D eigenvalue weighted by Crippen LogP contribution is 2.27. The van der Waals surface area contributed by atoms with Gasteiger partial charge in [-0.25, -0.2) is 0 Å². The Morgan fingerprint density at radius 3 is 2.33 bits per heavy atom. The van der Waals surface area contributed by atoms with Crippen LogP contribution in [0.4, 0.5) is 0 Å². The molecule has 98 valence electrons. The minimum absolute atomic E-state index is 0.136. The molecule has 0 amide bonds. The van der Waals surface area contributed by atoms with Gasteiger partial charge in [0.25, 0.3) is 0 Å². The van der Waals surface area contributed by atoms with Crippen LogP contribution in [0.3, 0.4) is 0 Å². The molecule has 2 aromatic heterocycles. The van der Waals surface area contributed by atoms with Crippen LogP contribution in [-0.2, 0) is 17.3 Å². The second kappa shape index (κ2) is 4.19. The molecule has 0 atom stereocenters. The van der Waals surface area contributed by atoms with E-state index in [-0.39, 0.29) is 10.8 Å². The molecule has 2 rings (SSSR count). The van der Waals surface area contributed by atoms with E-state index in [1.807, 2.05) is 34.6 Å². The van der Waals surface area contributed by atoms with Gasteiger partial charge in [0, 0.05) is 22.5 Å². The fourth-order valence-corrected chi connectivity index (χ4v) is 1.58. The summed E-state index contributed by atoms with van der Waals surface area (Å²) in [5.41, 5.74) is -0.397. The average molecular weight is 250 g/mol. The van der Waals surface area contributed by atoms with E-state index in [4.69, 9.17) is 9.05 Å². The predicted molar refractivity (Wildman–Crippen MR) is 64.0 cm³/mol. The van der Waals surface area contributed by atoms with E-state index in [0.717, 1.165) is 0 Å². The molecule has 0 aromatic carbocycles. The molecule has 2 aromatic rings. The van der Waals surface area contributed by atoms with Crippen LogP contribution in [0.2, 0.25) is 0 Å². The molecule has 0 saturated heterocycles. The predicted octanol–water partition coefficient (Wildman–Crippen LogP) is 2.27. The first-order chi connectivity index (χ1) is 8.29. The second-order valence-corrected chi connectivity index (χ2v) is 6.11. The first-order valence-electron chi connectivity index (χ1n) is 5.90. The van der Waals surface area contributed by atoms with E-state index < -0.39 is 0 Å². The summed E-state index contributed by atoms with van der Waals surface area (Å²) >= 11 is 0. The highest BCUT2D eigenvalue weighted by molar-refractivity contribution is 5.10. The van der Waals surface area contributed by atoms with E-state index >= 15 is 0 Å². The monoisotopic (exact) mass is 250 g/mol. The van der Waals surface area contributed by atoms with E-state index in [9.17, 15) is 0 Å². The summed E-state index contributed by atoms with van der Waals surface area (Å²) in [5.74, 6) is 2.02. The van der Waals surface area contributed by atoms with Crippen molar-refractivity contribution in [2.45, 2.75) is 51.9 Å². The Balaban J connectivity index is 2.17. The molecular weight excluding hydrogens is 232 g/mol. The number of hydrogen-bond donors (Lipinski definition) is 0. The lowest BCUT2D eigenvalue weighted by Gasteiger charge is -2.17. The largest absolute Gasteiger partial charge is 0.342 e. The summed E-state index contributed by atoms with van der Waals surface area (Å²) in [6, 6.07) is 0. The van der Waals surface area contributed by atoms with Crippen LogP contribution < -0.4 is 0 Å². The molecule has 0 aliphatic heterocycles. The Labute approximate surface area is 106 Å². The molecule has 2 heterocycles. The van der Waals surface area contributed by atoms with Crippen LogP contribution >= 0.6 is 0 Å². The Morgan fingerprint density at radius 1 is 1.11 bits per heavy atom. The topological polar surface area (TPSA) is 77.8 Å². The van der Waals surface area contributed by atoms with Crippen molar-refractivity contribution in [3.8, 4) is 0 Å². The molecule has 0 aliphatic carbocycles. The summed E-state index contributed by atoms with van der Waals surface area (Å²) in [7, 11) is 0. The quantitative estimate of drug-likeness (QED) is 0.831. The molecular formula is C12H18N4O2. The smallest absolute Gasteiger partial charge is 0.232 e. The Kier molecular flexibility index (Phi) is 2.96. The summed E-state index contributed by atoms with van der Waals surface area (Å²) in [6.45, 7) is 10.2. The van der Waals surface area contributed by atoms with Gasteiger partial charge in [0.1, 0.15) is 0 Å². The third-order valence-electron chi connectivity index (χ3n) is 2.74. The number of nitrogens with zero attached hydrogens (tertiary/aromatic N) is 4. The third-order valence-corrected chi connectivity index (χ3v) is 2.74. The molecule has 0 radical (unpaired) electrons. The van der Waals surface area contributed by atoms with Gasteiger partial charge in [-0.05, 0) is 0 Å². The molecule has 18 heavy (non-hydrogen) atoms. The first kappa shape index (κ1) is 12.7. The maximum atomic E-state index is 5.27. The molecule has 0 saturated carbocycles. The summed E-state index contributed by atoms with van der Waals surface area (Å²) < 4.78 is 10.4. The lowest BCUT2D eigenvalue weighted by molar-refractivity contribution is 0.295. The van der Waals surface area contributed by atoms with Crippen LogP contribution in [0.15, 0.2) is 15.2 Å². The Bertz CT molecular complexity index is 508. The Morgan fingerprint density at radius 2 is 1.83 bits per heavy atom. The van der Waals surface area contributed by atoms with E-state index in [2.05, 4.69) is 20.5 Å². The second-order valence-electron chi connectivity index (χ2n) is 6.11. The van der Waals surface area contributed by atoms with Gasteiger partial charge in [0.15, 0.2) is 11.6 Å². The maximum Gasteiger partial charge on any atom is 0.232 e. The van der Waals surface area contributed by atoms with Crippen molar-refractivity contribution in [2.24, 2.45) is 0 Å². The van der Waals surface area contributed by atoms with Crippen LogP contribution in [0.1, 0.15) is 52.1 Å².